The maximum atomic E-state index is 12.3. The zero-order valence-electron chi connectivity index (χ0n) is 12.9. The number of nitrogens with zero attached hydrogens (tertiary/aromatic N) is 2. The summed E-state index contributed by atoms with van der Waals surface area (Å²) in [4.78, 5) is 16.7. The van der Waals surface area contributed by atoms with Crippen LogP contribution in [0.3, 0.4) is 0 Å². The third-order valence-electron chi connectivity index (χ3n) is 4.69. The van der Waals surface area contributed by atoms with Gasteiger partial charge in [-0.15, -0.1) is 0 Å². The molecule has 1 aromatic rings. The van der Waals surface area contributed by atoms with Crippen molar-refractivity contribution in [2.45, 2.75) is 13.3 Å². The lowest BCUT2D eigenvalue weighted by Gasteiger charge is -2.19. The molecule has 2 aliphatic heterocycles. The van der Waals surface area contributed by atoms with Crippen LogP contribution in [0.1, 0.15) is 12.0 Å². The Balaban J connectivity index is 1.44. The minimum Gasteiger partial charge on any atom is -0.493 e. The molecule has 3 rings (SSSR count). The number of hydrogen-bond donors (Lipinski definition) is 0. The van der Waals surface area contributed by atoms with Gasteiger partial charge in [-0.3, -0.25) is 4.79 Å². The van der Waals surface area contributed by atoms with Gasteiger partial charge in [-0.1, -0.05) is 18.2 Å². The van der Waals surface area contributed by atoms with Crippen molar-refractivity contribution in [1.82, 2.24) is 9.80 Å². The van der Waals surface area contributed by atoms with E-state index in [9.17, 15) is 4.79 Å². The average Bonchev–Trinajstić information content (AvgIpc) is 2.98. The van der Waals surface area contributed by atoms with E-state index < -0.39 is 0 Å². The van der Waals surface area contributed by atoms with E-state index in [0.29, 0.717) is 24.9 Å². The highest BCUT2D eigenvalue weighted by Crippen LogP contribution is 2.30. The van der Waals surface area contributed by atoms with E-state index in [1.807, 2.05) is 36.1 Å². The number of aryl methyl sites for hydroxylation is 1. The van der Waals surface area contributed by atoms with Gasteiger partial charge in [-0.2, -0.15) is 0 Å². The van der Waals surface area contributed by atoms with Crippen LogP contribution in [0.25, 0.3) is 0 Å². The lowest BCUT2D eigenvalue weighted by atomic mass is 10.0. The number of ether oxygens (including phenoxy) is 1. The Bertz CT molecular complexity index is 503. The highest BCUT2D eigenvalue weighted by Gasteiger charge is 2.40. The zero-order valence-corrected chi connectivity index (χ0v) is 12.9. The summed E-state index contributed by atoms with van der Waals surface area (Å²) < 4.78 is 5.72. The summed E-state index contributed by atoms with van der Waals surface area (Å²) in [6.07, 6.45) is 0.476. The maximum absolute atomic E-state index is 12.3. The van der Waals surface area contributed by atoms with E-state index in [1.165, 1.54) is 0 Å². The summed E-state index contributed by atoms with van der Waals surface area (Å²) in [7, 11) is 2.17. The van der Waals surface area contributed by atoms with Gasteiger partial charge in [-0.05, 0) is 37.4 Å². The molecule has 2 atom stereocenters. The molecule has 21 heavy (non-hydrogen) atoms. The van der Waals surface area contributed by atoms with Gasteiger partial charge in [0.25, 0.3) is 0 Å². The van der Waals surface area contributed by atoms with Crippen molar-refractivity contribution in [3.63, 3.8) is 0 Å². The standard InChI is InChI=1S/C17H24N2O2/c1-13-5-3-4-6-16(13)21-8-7-17(20)19-11-14-9-18(2)10-15(14)12-19/h3-6,14-15H,7-12H2,1-2H3/t14-,15+. The van der Waals surface area contributed by atoms with Crippen molar-refractivity contribution in [1.29, 1.82) is 0 Å². The van der Waals surface area contributed by atoms with Crippen LogP contribution in [-0.2, 0) is 4.79 Å². The molecule has 0 unspecified atom stereocenters. The van der Waals surface area contributed by atoms with Crippen molar-refractivity contribution in [2.24, 2.45) is 11.8 Å². The summed E-state index contributed by atoms with van der Waals surface area (Å²) in [6, 6.07) is 7.93. The van der Waals surface area contributed by atoms with Crippen LogP contribution >= 0.6 is 0 Å². The van der Waals surface area contributed by atoms with Crippen molar-refractivity contribution >= 4 is 5.91 Å². The molecular weight excluding hydrogens is 264 g/mol. The molecule has 2 saturated heterocycles. The summed E-state index contributed by atoms with van der Waals surface area (Å²) in [5.41, 5.74) is 1.11. The third kappa shape index (κ3) is 3.21. The molecule has 0 radical (unpaired) electrons. The molecule has 0 aliphatic carbocycles. The predicted octanol–water partition coefficient (Wildman–Crippen LogP) is 1.78. The van der Waals surface area contributed by atoms with Gasteiger partial charge in [0.1, 0.15) is 5.75 Å². The van der Waals surface area contributed by atoms with Crippen molar-refractivity contribution in [2.75, 3.05) is 39.8 Å². The smallest absolute Gasteiger partial charge is 0.226 e. The number of fused-ring (bicyclic) bond motifs is 1. The van der Waals surface area contributed by atoms with Gasteiger partial charge in [-0.25, -0.2) is 0 Å². The number of para-hydroxylation sites is 1. The first-order valence-electron chi connectivity index (χ1n) is 7.78. The Morgan fingerprint density at radius 3 is 2.52 bits per heavy atom. The number of benzene rings is 1. The van der Waals surface area contributed by atoms with Crippen LogP contribution in [0.4, 0.5) is 0 Å². The molecule has 0 spiro atoms. The number of hydrogen-bond acceptors (Lipinski definition) is 3. The summed E-state index contributed by atoms with van der Waals surface area (Å²) in [5.74, 6) is 2.47. The van der Waals surface area contributed by atoms with Gasteiger partial charge in [0.15, 0.2) is 0 Å². The molecule has 1 aromatic carbocycles. The number of likely N-dealkylation sites (tertiary alicyclic amines) is 2. The van der Waals surface area contributed by atoms with Crippen LogP contribution in [0.2, 0.25) is 0 Å². The monoisotopic (exact) mass is 288 g/mol. The molecule has 0 aromatic heterocycles. The molecule has 0 bridgehead atoms. The average molecular weight is 288 g/mol. The molecule has 114 valence electrons. The fourth-order valence-electron chi connectivity index (χ4n) is 3.56. The number of carbonyl (C=O) groups is 1. The van der Waals surface area contributed by atoms with Gasteiger partial charge in [0.05, 0.1) is 13.0 Å². The Morgan fingerprint density at radius 1 is 1.19 bits per heavy atom. The van der Waals surface area contributed by atoms with Crippen LogP contribution in [-0.4, -0.2) is 55.5 Å². The van der Waals surface area contributed by atoms with E-state index in [1.54, 1.807) is 0 Å². The molecule has 2 fully saturated rings. The summed E-state index contributed by atoms with van der Waals surface area (Å²) in [6.45, 7) is 6.61. The van der Waals surface area contributed by atoms with Gasteiger partial charge in [0.2, 0.25) is 5.91 Å². The van der Waals surface area contributed by atoms with E-state index in [2.05, 4.69) is 11.9 Å². The van der Waals surface area contributed by atoms with E-state index >= 15 is 0 Å². The predicted molar refractivity (Wildman–Crippen MR) is 82.3 cm³/mol. The highest BCUT2D eigenvalue weighted by molar-refractivity contribution is 5.76. The van der Waals surface area contributed by atoms with Gasteiger partial charge < -0.3 is 14.5 Å². The summed E-state index contributed by atoms with van der Waals surface area (Å²) in [5, 5.41) is 0. The maximum Gasteiger partial charge on any atom is 0.226 e. The first-order chi connectivity index (χ1) is 10.1. The number of carbonyl (C=O) groups excluding carboxylic acids is 1. The normalized spacial score (nSPS) is 25.1. The topological polar surface area (TPSA) is 32.8 Å². The van der Waals surface area contributed by atoms with Crippen molar-refractivity contribution in [3.05, 3.63) is 29.8 Å². The van der Waals surface area contributed by atoms with Gasteiger partial charge in [0, 0.05) is 26.2 Å². The summed E-state index contributed by atoms with van der Waals surface area (Å²) >= 11 is 0. The Kier molecular flexibility index (Phi) is 4.15. The molecule has 1 amide bonds. The van der Waals surface area contributed by atoms with Crippen LogP contribution in [0.5, 0.6) is 5.75 Å². The second-order valence-electron chi connectivity index (χ2n) is 6.40. The molecule has 4 nitrogen and oxygen atoms in total. The lowest BCUT2D eigenvalue weighted by molar-refractivity contribution is -0.131. The minimum atomic E-state index is 0.237. The van der Waals surface area contributed by atoms with Crippen LogP contribution in [0, 0.1) is 18.8 Å². The molecule has 0 N–H and O–H groups in total. The van der Waals surface area contributed by atoms with E-state index in [4.69, 9.17) is 4.74 Å². The lowest BCUT2D eigenvalue weighted by Crippen LogP contribution is -2.33. The molecule has 2 heterocycles. The van der Waals surface area contributed by atoms with Crippen LogP contribution in [0.15, 0.2) is 24.3 Å². The van der Waals surface area contributed by atoms with E-state index in [-0.39, 0.29) is 5.91 Å². The molecule has 4 heteroatoms. The Hall–Kier alpha value is -1.55. The van der Waals surface area contributed by atoms with Crippen molar-refractivity contribution < 1.29 is 9.53 Å². The Labute approximate surface area is 126 Å². The quantitative estimate of drug-likeness (QED) is 0.847. The first kappa shape index (κ1) is 14.4. The van der Waals surface area contributed by atoms with E-state index in [0.717, 1.165) is 37.5 Å². The third-order valence-corrected chi connectivity index (χ3v) is 4.69. The van der Waals surface area contributed by atoms with Crippen LogP contribution < -0.4 is 4.74 Å². The highest BCUT2D eigenvalue weighted by atomic mass is 16.5. The van der Waals surface area contributed by atoms with Crippen molar-refractivity contribution in [3.8, 4) is 5.75 Å². The fraction of sp³-hybridized carbons (Fsp3) is 0.588. The SMILES string of the molecule is Cc1ccccc1OCCC(=O)N1C[C@H]2CN(C)C[C@H]2C1. The number of rotatable bonds is 4. The minimum absolute atomic E-state index is 0.237. The van der Waals surface area contributed by atoms with Gasteiger partial charge >= 0.3 is 0 Å². The largest absolute Gasteiger partial charge is 0.493 e. The second-order valence-corrected chi connectivity index (χ2v) is 6.40. The molecule has 2 aliphatic rings. The zero-order chi connectivity index (χ0) is 14.8. The number of amides is 1. The molecular formula is C17H24N2O2. The fourth-order valence-corrected chi connectivity index (χ4v) is 3.56. The first-order valence-corrected chi connectivity index (χ1v) is 7.78. The second kappa shape index (κ2) is 6.06. The molecule has 0 saturated carbocycles. The Morgan fingerprint density at radius 2 is 1.86 bits per heavy atom.